The Morgan fingerprint density at radius 2 is 1.92 bits per heavy atom. The van der Waals surface area contributed by atoms with Gasteiger partial charge < -0.3 is 5.32 Å². The predicted octanol–water partition coefficient (Wildman–Crippen LogP) is 2.20. The van der Waals surface area contributed by atoms with Gasteiger partial charge in [-0.25, -0.2) is 0 Å². The van der Waals surface area contributed by atoms with E-state index >= 15 is 0 Å². The third-order valence-corrected chi connectivity index (χ3v) is 1.72. The van der Waals surface area contributed by atoms with E-state index in [4.69, 9.17) is 0 Å². The number of rotatable bonds is 2. The molecular formula is C11H17NO. The van der Waals surface area contributed by atoms with Gasteiger partial charge in [0.15, 0.2) is 0 Å². The Morgan fingerprint density at radius 3 is 2.31 bits per heavy atom. The standard InChI is InChI=1S/C9H11NO.C2H6/c1-3-7-5-6-10-9(11)8(7)4-2;1-2/h3-4H,1-2,5-6H2,(H,10,11);1-2H3. The minimum Gasteiger partial charge on any atom is -0.352 e. The highest BCUT2D eigenvalue weighted by molar-refractivity contribution is 5.98. The average Bonchev–Trinajstić information content (AvgIpc) is 2.20. The minimum absolute atomic E-state index is 0.0406. The quantitative estimate of drug-likeness (QED) is 0.691. The maximum absolute atomic E-state index is 11.1. The van der Waals surface area contributed by atoms with Gasteiger partial charge >= 0.3 is 0 Å². The van der Waals surface area contributed by atoms with E-state index < -0.39 is 0 Å². The third kappa shape index (κ3) is 2.90. The Labute approximate surface area is 80.0 Å². The van der Waals surface area contributed by atoms with Gasteiger partial charge in [0, 0.05) is 12.1 Å². The van der Waals surface area contributed by atoms with Crippen molar-refractivity contribution in [3.63, 3.8) is 0 Å². The summed E-state index contributed by atoms with van der Waals surface area (Å²) in [6.45, 7) is 11.9. The molecule has 0 fully saturated rings. The number of carbonyl (C=O) groups is 1. The van der Waals surface area contributed by atoms with Crippen LogP contribution in [0, 0.1) is 0 Å². The highest BCUT2D eigenvalue weighted by atomic mass is 16.1. The van der Waals surface area contributed by atoms with Gasteiger partial charge in [0.25, 0.3) is 5.91 Å². The molecule has 2 nitrogen and oxygen atoms in total. The van der Waals surface area contributed by atoms with Crippen molar-refractivity contribution in [3.8, 4) is 0 Å². The third-order valence-electron chi connectivity index (χ3n) is 1.72. The summed E-state index contributed by atoms with van der Waals surface area (Å²) >= 11 is 0. The Kier molecular flexibility index (Phi) is 5.60. The summed E-state index contributed by atoms with van der Waals surface area (Å²) in [5.41, 5.74) is 1.65. The van der Waals surface area contributed by atoms with Crippen LogP contribution in [-0.4, -0.2) is 12.5 Å². The Hall–Kier alpha value is -1.31. The summed E-state index contributed by atoms with van der Waals surface area (Å²) < 4.78 is 0. The fourth-order valence-electron chi connectivity index (χ4n) is 1.12. The van der Waals surface area contributed by atoms with E-state index in [1.807, 2.05) is 13.8 Å². The van der Waals surface area contributed by atoms with Gasteiger partial charge in [-0.05, 0) is 12.0 Å². The summed E-state index contributed by atoms with van der Waals surface area (Å²) in [4.78, 5) is 11.1. The molecule has 72 valence electrons. The summed E-state index contributed by atoms with van der Waals surface area (Å²) in [5, 5.41) is 2.73. The SMILES string of the molecule is C=CC1=C(C=C)C(=O)NCC1.CC. The van der Waals surface area contributed by atoms with E-state index in [9.17, 15) is 4.79 Å². The van der Waals surface area contributed by atoms with Crippen molar-refractivity contribution < 1.29 is 4.79 Å². The fourth-order valence-corrected chi connectivity index (χ4v) is 1.12. The molecule has 2 heteroatoms. The first-order valence-electron chi connectivity index (χ1n) is 4.56. The maximum Gasteiger partial charge on any atom is 0.251 e. The van der Waals surface area contributed by atoms with Crippen molar-refractivity contribution in [1.82, 2.24) is 5.32 Å². The van der Waals surface area contributed by atoms with Crippen LogP contribution in [0.2, 0.25) is 0 Å². The molecule has 0 aromatic rings. The molecule has 1 aliphatic rings. The molecule has 0 aliphatic carbocycles. The topological polar surface area (TPSA) is 29.1 Å². The first kappa shape index (κ1) is 11.7. The first-order chi connectivity index (χ1) is 6.29. The number of hydrogen-bond acceptors (Lipinski definition) is 1. The maximum atomic E-state index is 11.1. The molecule has 0 atom stereocenters. The van der Waals surface area contributed by atoms with E-state index in [0.717, 1.165) is 12.0 Å². The predicted molar refractivity (Wildman–Crippen MR) is 56.4 cm³/mol. The number of carbonyl (C=O) groups excluding carboxylic acids is 1. The van der Waals surface area contributed by atoms with Crippen LogP contribution in [0.5, 0.6) is 0 Å². The highest BCUT2D eigenvalue weighted by Gasteiger charge is 2.14. The van der Waals surface area contributed by atoms with Crippen LogP contribution in [0.3, 0.4) is 0 Å². The van der Waals surface area contributed by atoms with Crippen LogP contribution in [0.1, 0.15) is 20.3 Å². The van der Waals surface area contributed by atoms with Gasteiger partial charge in [-0.2, -0.15) is 0 Å². The van der Waals surface area contributed by atoms with Gasteiger partial charge in [-0.15, -0.1) is 0 Å². The summed E-state index contributed by atoms with van der Waals surface area (Å²) in [6, 6.07) is 0. The zero-order valence-electron chi connectivity index (χ0n) is 8.39. The second-order valence-corrected chi connectivity index (χ2v) is 2.35. The Bertz CT molecular complexity index is 238. The van der Waals surface area contributed by atoms with E-state index in [-0.39, 0.29) is 5.91 Å². The molecule has 0 spiro atoms. The molecule has 0 bridgehead atoms. The van der Waals surface area contributed by atoms with Crippen molar-refractivity contribution in [2.45, 2.75) is 20.3 Å². The Morgan fingerprint density at radius 1 is 1.31 bits per heavy atom. The molecule has 0 unspecified atom stereocenters. The van der Waals surface area contributed by atoms with Crippen LogP contribution in [0.25, 0.3) is 0 Å². The van der Waals surface area contributed by atoms with Gasteiger partial charge in [-0.3, -0.25) is 4.79 Å². The molecule has 0 aromatic carbocycles. The summed E-state index contributed by atoms with van der Waals surface area (Å²) in [5.74, 6) is -0.0406. The minimum atomic E-state index is -0.0406. The van der Waals surface area contributed by atoms with E-state index in [1.165, 1.54) is 0 Å². The second-order valence-electron chi connectivity index (χ2n) is 2.35. The summed E-state index contributed by atoms with van der Waals surface area (Å²) in [7, 11) is 0. The zero-order chi connectivity index (χ0) is 10.3. The van der Waals surface area contributed by atoms with Crippen molar-refractivity contribution in [2.24, 2.45) is 0 Å². The fraction of sp³-hybridized carbons (Fsp3) is 0.364. The molecule has 0 saturated carbocycles. The zero-order valence-corrected chi connectivity index (χ0v) is 8.39. The molecule has 0 aromatic heterocycles. The molecule has 0 radical (unpaired) electrons. The van der Waals surface area contributed by atoms with Gasteiger partial charge in [0.1, 0.15) is 0 Å². The molecule has 1 rings (SSSR count). The molecule has 1 N–H and O–H groups in total. The van der Waals surface area contributed by atoms with Crippen molar-refractivity contribution >= 4 is 5.91 Å². The average molecular weight is 179 g/mol. The molecule has 0 saturated heterocycles. The van der Waals surface area contributed by atoms with Crippen LogP contribution in [-0.2, 0) is 4.79 Å². The monoisotopic (exact) mass is 179 g/mol. The van der Waals surface area contributed by atoms with Gasteiger partial charge in [-0.1, -0.05) is 39.2 Å². The number of amides is 1. The highest BCUT2D eigenvalue weighted by Crippen LogP contribution is 2.14. The van der Waals surface area contributed by atoms with E-state index in [1.54, 1.807) is 12.2 Å². The van der Waals surface area contributed by atoms with Crippen LogP contribution in [0.15, 0.2) is 36.5 Å². The van der Waals surface area contributed by atoms with E-state index in [0.29, 0.717) is 12.1 Å². The van der Waals surface area contributed by atoms with Crippen LogP contribution >= 0.6 is 0 Å². The Balaban J connectivity index is 0.000000671. The lowest BCUT2D eigenvalue weighted by atomic mass is 10.0. The normalized spacial score (nSPS) is 15.4. The second kappa shape index (κ2) is 6.23. The molecule has 1 aliphatic heterocycles. The molecule has 1 heterocycles. The molecule has 1 amide bonds. The smallest absolute Gasteiger partial charge is 0.251 e. The van der Waals surface area contributed by atoms with Gasteiger partial charge in [0.05, 0.1) is 0 Å². The molecular weight excluding hydrogens is 162 g/mol. The lowest BCUT2D eigenvalue weighted by molar-refractivity contribution is -0.117. The lowest BCUT2D eigenvalue weighted by Gasteiger charge is -2.15. The first-order valence-corrected chi connectivity index (χ1v) is 4.56. The number of nitrogens with one attached hydrogen (secondary N) is 1. The summed E-state index contributed by atoms with van der Waals surface area (Å²) in [6.07, 6.45) is 4.15. The number of hydrogen-bond donors (Lipinski definition) is 1. The van der Waals surface area contributed by atoms with E-state index in [2.05, 4.69) is 18.5 Å². The number of allylic oxidation sites excluding steroid dienone is 1. The van der Waals surface area contributed by atoms with Crippen molar-refractivity contribution in [1.29, 1.82) is 0 Å². The molecule has 13 heavy (non-hydrogen) atoms. The lowest BCUT2D eigenvalue weighted by Crippen LogP contribution is -2.30. The van der Waals surface area contributed by atoms with Gasteiger partial charge in [0.2, 0.25) is 0 Å². The van der Waals surface area contributed by atoms with Crippen LogP contribution < -0.4 is 5.32 Å². The van der Waals surface area contributed by atoms with Crippen molar-refractivity contribution in [3.05, 3.63) is 36.5 Å². The van der Waals surface area contributed by atoms with Crippen molar-refractivity contribution in [2.75, 3.05) is 6.54 Å². The van der Waals surface area contributed by atoms with Crippen LogP contribution in [0.4, 0.5) is 0 Å². The largest absolute Gasteiger partial charge is 0.352 e.